The van der Waals surface area contributed by atoms with Gasteiger partial charge in [0, 0.05) is 19.6 Å². The van der Waals surface area contributed by atoms with Gasteiger partial charge in [-0.1, -0.05) is 36.4 Å². The van der Waals surface area contributed by atoms with Crippen molar-refractivity contribution in [2.45, 2.75) is 58.9 Å². The second-order valence-electron chi connectivity index (χ2n) is 9.24. The molecular formula is C27H28F3N3O2S. The highest BCUT2D eigenvalue weighted by atomic mass is 32.1. The molecule has 5 nitrogen and oxygen atoms in total. The van der Waals surface area contributed by atoms with Crippen molar-refractivity contribution >= 4 is 23.0 Å². The summed E-state index contributed by atoms with van der Waals surface area (Å²) in [4.78, 5) is 31.1. The second-order valence-corrected chi connectivity index (χ2v) is 10.3. The third kappa shape index (κ3) is 6.02. The first kappa shape index (κ1) is 26.0. The number of amides is 1. The van der Waals surface area contributed by atoms with Gasteiger partial charge in [0.15, 0.2) is 0 Å². The topological polar surface area (TPSA) is 62.3 Å². The quantitative estimate of drug-likeness (QED) is 0.442. The van der Waals surface area contributed by atoms with E-state index in [9.17, 15) is 22.8 Å². The third-order valence-electron chi connectivity index (χ3n) is 6.33. The van der Waals surface area contributed by atoms with Crippen LogP contribution in [0.15, 0.2) is 42.5 Å². The number of fused-ring (bicyclic) bond motifs is 1. The lowest BCUT2D eigenvalue weighted by atomic mass is 9.94. The number of carbonyl (C=O) groups excluding carboxylic acids is 2. The van der Waals surface area contributed by atoms with Crippen LogP contribution in [0.25, 0.3) is 0 Å². The van der Waals surface area contributed by atoms with E-state index < -0.39 is 11.7 Å². The van der Waals surface area contributed by atoms with Crippen LogP contribution >= 0.6 is 11.3 Å². The number of carbonyl (C=O) groups is 2. The smallest absolute Gasteiger partial charge is 0.345 e. The Morgan fingerprint density at radius 2 is 1.89 bits per heavy atom. The highest BCUT2D eigenvalue weighted by Gasteiger charge is 2.35. The first-order valence-corrected chi connectivity index (χ1v) is 12.6. The number of hydrogen-bond donors (Lipinski definition) is 1. The molecule has 0 fully saturated rings. The number of ketones is 1. The molecule has 1 N–H and O–H groups in total. The molecule has 0 aliphatic carbocycles. The standard InChI is InChI=1S/C27H28F3N3O2S/c1-16(34)13-24-31-18(3)25(36-24)26(35)32-17(2)20-9-7-19(8-10-20)14-33-12-11-22-21(15-33)5-4-6-23(22)27(28,29)30/h4-10,17H,11-15H2,1-3H3,(H,32,35)/t17-/m0/s1. The van der Waals surface area contributed by atoms with Gasteiger partial charge in [0.05, 0.1) is 23.7 Å². The van der Waals surface area contributed by atoms with Gasteiger partial charge in [-0.2, -0.15) is 13.2 Å². The van der Waals surface area contributed by atoms with Gasteiger partial charge in [0.25, 0.3) is 5.91 Å². The Hall–Kier alpha value is -3.04. The maximum absolute atomic E-state index is 13.3. The first-order valence-electron chi connectivity index (χ1n) is 11.8. The van der Waals surface area contributed by atoms with Crippen molar-refractivity contribution in [1.29, 1.82) is 0 Å². The molecule has 9 heteroatoms. The van der Waals surface area contributed by atoms with Crippen LogP contribution in [0.4, 0.5) is 13.2 Å². The minimum absolute atomic E-state index is 0.00369. The highest BCUT2D eigenvalue weighted by molar-refractivity contribution is 7.13. The zero-order chi connectivity index (χ0) is 26.0. The van der Waals surface area contributed by atoms with Gasteiger partial charge < -0.3 is 5.32 Å². The maximum Gasteiger partial charge on any atom is 0.416 e. The molecule has 36 heavy (non-hydrogen) atoms. The van der Waals surface area contributed by atoms with Gasteiger partial charge in [0.1, 0.15) is 15.7 Å². The summed E-state index contributed by atoms with van der Waals surface area (Å²) >= 11 is 1.24. The second kappa shape index (κ2) is 10.5. The molecule has 0 saturated heterocycles. The molecule has 2 heterocycles. The van der Waals surface area contributed by atoms with Gasteiger partial charge in [-0.15, -0.1) is 11.3 Å². The summed E-state index contributed by atoms with van der Waals surface area (Å²) in [6.07, 6.45) is -3.73. The SMILES string of the molecule is CC(=O)Cc1nc(C)c(C(=O)N[C@@H](C)c2ccc(CN3CCc4c(cccc4C(F)(F)F)C3)cc2)s1. The number of hydrogen-bond acceptors (Lipinski definition) is 5. The van der Waals surface area contributed by atoms with Crippen molar-refractivity contribution in [3.8, 4) is 0 Å². The van der Waals surface area contributed by atoms with E-state index in [1.807, 2.05) is 31.2 Å². The summed E-state index contributed by atoms with van der Waals surface area (Å²) in [5.74, 6) is -0.217. The summed E-state index contributed by atoms with van der Waals surface area (Å²) in [5, 5.41) is 3.63. The lowest BCUT2D eigenvalue weighted by Crippen LogP contribution is -2.31. The number of rotatable bonds is 7. The van der Waals surface area contributed by atoms with E-state index in [0.717, 1.165) is 22.8 Å². The number of Topliss-reactive ketones (excluding diaryl/α,β-unsaturated/α-hetero) is 1. The first-order chi connectivity index (χ1) is 17.0. The Bertz CT molecular complexity index is 1270. The fourth-order valence-corrected chi connectivity index (χ4v) is 5.57. The predicted molar refractivity (Wildman–Crippen MR) is 133 cm³/mol. The van der Waals surface area contributed by atoms with Crippen molar-refractivity contribution in [2.75, 3.05) is 6.54 Å². The maximum atomic E-state index is 13.3. The lowest BCUT2D eigenvalue weighted by molar-refractivity contribution is -0.138. The number of benzene rings is 2. The fraction of sp³-hybridized carbons (Fsp3) is 0.370. The molecule has 1 aliphatic rings. The minimum atomic E-state index is -4.33. The molecule has 190 valence electrons. The van der Waals surface area contributed by atoms with Crippen LogP contribution in [0.1, 0.15) is 68.1 Å². The van der Waals surface area contributed by atoms with Crippen LogP contribution < -0.4 is 5.32 Å². The third-order valence-corrected chi connectivity index (χ3v) is 7.49. The molecule has 1 amide bonds. The summed E-state index contributed by atoms with van der Waals surface area (Å²) in [7, 11) is 0. The summed E-state index contributed by atoms with van der Waals surface area (Å²) < 4.78 is 39.9. The fourth-order valence-electron chi connectivity index (χ4n) is 4.54. The number of alkyl halides is 3. The van der Waals surface area contributed by atoms with Crippen molar-refractivity contribution in [1.82, 2.24) is 15.2 Å². The van der Waals surface area contributed by atoms with Crippen molar-refractivity contribution < 1.29 is 22.8 Å². The zero-order valence-electron chi connectivity index (χ0n) is 20.4. The molecule has 3 aromatic rings. The average Bonchev–Trinajstić information content (AvgIpc) is 3.17. The molecule has 2 aromatic carbocycles. The van der Waals surface area contributed by atoms with Crippen LogP contribution in [0.2, 0.25) is 0 Å². The molecule has 0 saturated carbocycles. The zero-order valence-corrected chi connectivity index (χ0v) is 21.2. The number of nitrogens with zero attached hydrogens (tertiary/aromatic N) is 2. The van der Waals surface area contributed by atoms with Crippen molar-refractivity contribution in [3.63, 3.8) is 0 Å². The number of nitrogens with one attached hydrogen (secondary N) is 1. The summed E-state index contributed by atoms with van der Waals surface area (Å²) in [5.41, 5.74) is 3.22. The Morgan fingerprint density at radius 3 is 2.56 bits per heavy atom. The summed E-state index contributed by atoms with van der Waals surface area (Å²) in [6, 6.07) is 12.1. The van der Waals surface area contributed by atoms with Crippen LogP contribution in [-0.4, -0.2) is 28.1 Å². The van der Waals surface area contributed by atoms with Gasteiger partial charge >= 0.3 is 6.18 Å². The lowest BCUT2D eigenvalue weighted by Gasteiger charge is -2.30. The van der Waals surface area contributed by atoms with E-state index in [1.54, 1.807) is 13.0 Å². The highest BCUT2D eigenvalue weighted by Crippen LogP contribution is 2.35. The number of aromatic nitrogens is 1. The van der Waals surface area contributed by atoms with Gasteiger partial charge in [0.2, 0.25) is 0 Å². The van der Waals surface area contributed by atoms with Gasteiger partial charge in [-0.05, 0) is 55.5 Å². The van der Waals surface area contributed by atoms with Crippen LogP contribution in [0, 0.1) is 6.92 Å². The molecule has 0 unspecified atom stereocenters. The normalized spacial score (nSPS) is 14.8. The van der Waals surface area contributed by atoms with Crippen LogP contribution in [-0.2, 0) is 36.9 Å². The number of thiazole rings is 1. The van der Waals surface area contributed by atoms with Crippen LogP contribution in [0.3, 0.4) is 0 Å². The van der Waals surface area contributed by atoms with Crippen molar-refractivity contribution in [2.24, 2.45) is 0 Å². The molecule has 0 radical (unpaired) electrons. The molecule has 1 aliphatic heterocycles. The predicted octanol–water partition coefficient (Wildman–Crippen LogP) is 5.65. The molecule has 4 rings (SSSR count). The Balaban J connectivity index is 1.37. The Morgan fingerprint density at radius 1 is 1.17 bits per heavy atom. The van der Waals surface area contributed by atoms with E-state index in [2.05, 4.69) is 15.2 Å². The van der Waals surface area contributed by atoms with E-state index in [4.69, 9.17) is 0 Å². The largest absolute Gasteiger partial charge is 0.416 e. The Labute approximate surface area is 212 Å². The minimum Gasteiger partial charge on any atom is -0.345 e. The molecular weight excluding hydrogens is 487 g/mol. The molecule has 1 atom stereocenters. The molecule has 0 bridgehead atoms. The summed E-state index contributed by atoms with van der Waals surface area (Å²) in [6.45, 7) is 6.84. The van der Waals surface area contributed by atoms with E-state index in [0.29, 0.717) is 47.2 Å². The molecule has 1 aromatic heterocycles. The van der Waals surface area contributed by atoms with E-state index in [-0.39, 0.29) is 24.2 Å². The van der Waals surface area contributed by atoms with Gasteiger partial charge in [-0.25, -0.2) is 4.98 Å². The van der Waals surface area contributed by atoms with Crippen molar-refractivity contribution in [3.05, 3.63) is 85.9 Å². The molecule has 0 spiro atoms. The Kier molecular flexibility index (Phi) is 7.61. The average molecular weight is 516 g/mol. The van der Waals surface area contributed by atoms with Gasteiger partial charge in [-0.3, -0.25) is 14.5 Å². The van der Waals surface area contributed by atoms with E-state index >= 15 is 0 Å². The number of halogens is 3. The number of aryl methyl sites for hydroxylation is 1. The van der Waals surface area contributed by atoms with E-state index in [1.165, 1.54) is 24.3 Å². The van der Waals surface area contributed by atoms with Crippen LogP contribution in [0.5, 0.6) is 0 Å². The monoisotopic (exact) mass is 515 g/mol.